The molecule has 0 aromatic heterocycles. The van der Waals surface area contributed by atoms with Crippen molar-refractivity contribution >= 4 is 0 Å². The van der Waals surface area contributed by atoms with Crippen molar-refractivity contribution in [2.45, 2.75) is 0 Å². The van der Waals surface area contributed by atoms with Crippen molar-refractivity contribution in [2.24, 2.45) is 0 Å². The van der Waals surface area contributed by atoms with Gasteiger partial charge in [-0.1, -0.05) is 0 Å². The van der Waals surface area contributed by atoms with Crippen LogP contribution < -0.4 is 5.32 Å². The summed E-state index contributed by atoms with van der Waals surface area (Å²) in [5.41, 5.74) is 0. The van der Waals surface area contributed by atoms with Crippen molar-refractivity contribution in [1.29, 1.82) is 0 Å². The van der Waals surface area contributed by atoms with E-state index in [1.165, 1.54) is 0 Å². The molecule has 4 heteroatoms. The highest BCUT2D eigenvalue weighted by Crippen LogP contribution is 1.96. The Morgan fingerprint density at radius 2 is 1.86 bits per heavy atom. The van der Waals surface area contributed by atoms with Crippen molar-refractivity contribution in [1.82, 2.24) is 10.2 Å². The molecule has 2 N–H and O–H groups in total. The summed E-state index contributed by atoms with van der Waals surface area (Å²) in [5.74, 6) is 0. The normalized spacial score (nSPS) is 12.4. The smallest absolute Gasteiger partial charge is 0.0912 e. The van der Waals surface area contributed by atoms with Gasteiger partial charge in [0.25, 0.3) is 0 Å². The van der Waals surface area contributed by atoms with Crippen molar-refractivity contribution in [3.8, 4) is 0 Å². The van der Waals surface area contributed by atoms with Crippen molar-refractivity contribution in [3.63, 3.8) is 0 Å². The summed E-state index contributed by atoms with van der Waals surface area (Å²) in [5, 5.41) is 11.9. The van der Waals surface area contributed by atoms with Gasteiger partial charge >= 0.3 is 0 Å². The van der Waals surface area contributed by atoms with Gasteiger partial charge in [0.15, 0.2) is 0 Å². The fourth-order valence-electron chi connectivity index (χ4n) is 1.25. The molecule has 0 rings (SSSR count). The van der Waals surface area contributed by atoms with Crippen LogP contribution in [0.25, 0.3) is 0 Å². The maximum absolute atomic E-state index is 8.75. The number of quaternary nitrogens is 1. The number of hydrogen-bond donors (Lipinski definition) is 2. The second kappa shape index (κ2) is 7.17. The summed E-state index contributed by atoms with van der Waals surface area (Å²) < 4.78 is 1.02. The van der Waals surface area contributed by atoms with Gasteiger partial charge < -0.3 is 14.9 Å². The molecule has 4 nitrogen and oxygen atoms in total. The van der Waals surface area contributed by atoms with Crippen molar-refractivity contribution < 1.29 is 9.59 Å². The molecule has 0 heterocycles. The second-order valence-corrected chi connectivity index (χ2v) is 4.51. The standard InChI is InChI=1S/C10H26N3O/c1-11-5-8-13(3,4)9-6-12(2)7-10-14/h11,14H,5-10H2,1-4H3/q+1. The van der Waals surface area contributed by atoms with Gasteiger partial charge in [-0.25, -0.2) is 0 Å². The van der Waals surface area contributed by atoms with Crippen LogP contribution in [-0.4, -0.2) is 82.0 Å². The third-order valence-electron chi connectivity index (χ3n) is 2.54. The van der Waals surface area contributed by atoms with Gasteiger partial charge in [0.1, 0.15) is 0 Å². The molecule has 0 fully saturated rings. The molecule has 0 atom stereocenters. The lowest BCUT2D eigenvalue weighted by atomic mass is 10.4. The first-order valence-corrected chi connectivity index (χ1v) is 5.28. The molecule has 14 heavy (non-hydrogen) atoms. The Kier molecular flexibility index (Phi) is 7.09. The van der Waals surface area contributed by atoms with E-state index in [-0.39, 0.29) is 6.61 Å². The summed E-state index contributed by atoms with van der Waals surface area (Å²) in [6.45, 7) is 5.38. The largest absolute Gasteiger partial charge is 0.395 e. The van der Waals surface area contributed by atoms with Gasteiger partial charge in [-0.15, -0.1) is 0 Å². The maximum Gasteiger partial charge on any atom is 0.0912 e. The first kappa shape index (κ1) is 13.8. The molecule has 0 radical (unpaired) electrons. The minimum atomic E-state index is 0.250. The Balaban J connectivity index is 3.63. The number of likely N-dealkylation sites (N-methyl/N-ethyl adjacent to an activating group) is 3. The molecule has 86 valence electrons. The molecule has 0 spiro atoms. The van der Waals surface area contributed by atoms with Crippen LogP contribution in [0.5, 0.6) is 0 Å². The van der Waals surface area contributed by atoms with E-state index in [2.05, 4.69) is 24.3 Å². The predicted octanol–water partition coefficient (Wildman–Crippen LogP) is -0.794. The number of hydrogen-bond acceptors (Lipinski definition) is 3. The lowest BCUT2D eigenvalue weighted by Gasteiger charge is -2.31. The van der Waals surface area contributed by atoms with Crippen LogP contribution in [0.3, 0.4) is 0 Å². The Labute approximate surface area is 88.1 Å². The van der Waals surface area contributed by atoms with E-state index in [0.717, 1.165) is 37.2 Å². The predicted molar refractivity (Wildman–Crippen MR) is 60.4 cm³/mol. The molecular weight excluding hydrogens is 178 g/mol. The first-order chi connectivity index (χ1) is 6.52. The average molecular weight is 204 g/mol. The number of nitrogens with zero attached hydrogens (tertiary/aromatic N) is 2. The van der Waals surface area contributed by atoms with Crippen LogP contribution in [-0.2, 0) is 0 Å². The molecule has 0 bridgehead atoms. The summed E-state index contributed by atoms with van der Waals surface area (Å²) in [6, 6.07) is 0. The van der Waals surface area contributed by atoms with E-state index in [0.29, 0.717) is 0 Å². The Morgan fingerprint density at radius 3 is 2.36 bits per heavy atom. The summed E-state index contributed by atoms with van der Waals surface area (Å²) in [6.07, 6.45) is 0. The zero-order valence-corrected chi connectivity index (χ0v) is 10.1. The van der Waals surface area contributed by atoms with Crippen LogP contribution in [0.4, 0.5) is 0 Å². The monoisotopic (exact) mass is 204 g/mol. The highest BCUT2D eigenvalue weighted by molar-refractivity contribution is 4.49. The number of rotatable bonds is 8. The minimum Gasteiger partial charge on any atom is -0.395 e. The lowest BCUT2D eigenvalue weighted by Crippen LogP contribution is -2.48. The summed E-state index contributed by atoms with van der Waals surface area (Å²) in [4.78, 5) is 2.17. The quantitative estimate of drug-likeness (QED) is 0.509. The molecular formula is C10H26N3O+. The fourth-order valence-corrected chi connectivity index (χ4v) is 1.25. The second-order valence-electron chi connectivity index (χ2n) is 4.51. The van der Waals surface area contributed by atoms with Gasteiger partial charge in [-0.05, 0) is 14.1 Å². The molecule has 0 aliphatic carbocycles. The van der Waals surface area contributed by atoms with Gasteiger partial charge in [0.05, 0.1) is 33.8 Å². The van der Waals surface area contributed by atoms with Crippen LogP contribution in [0.1, 0.15) is 0 Å². The van der Waals surface area contributed by atoms with Crippen LogP contribution in [0.15, 0.2) is 0 Å². The van der Waals surface area contributed by atoms with Gasteiger partial charge in [0.2, 0.25) is 0 Å². The Hall–Kier alpha value is -0.160. The zero-order valence-electron chi connectivity index (χ0n) is 10.1. The number of aliphatic hydroxyl groups is 1. The third kappa shape index (κ3) is 7.26. The minimum absolute atomic E-state index is 0.250. The number of nitrogens with one attached hydrogen (secondary N) is 1. The van der Waals surface area contributed by atoms with E-state index in [1.807, 2.05) is 14.1 Å². The van der Waals surface area contributed by atoms with Gasteiger partial charge in [0, 0.05) is 19.6 Å². The Bertz CT molecular complexity index is 139. The van der Waals surface area contributed by atoms with Crippen LogP contribution in [0.2, 0.25) is 0 Å². The summed E-state index contributed by atoms with van der Waals surface area (Å²) in [7, 11) is 8.51. The lowest BCUT2D eigenvalue weighted by molar-refractivity contribution is -0.888. The first-order valence-electron chi connectivity index (χ1n) is 5.28. The molecule has 0 saturated carbocycles. The molecule has 0 aromatic rings. The molecule has 0 aromatic carbocycles. The zero-order chi connectivity index (χ0) is 11.0. The van der Waals surface area contributed by atoms with Crippen LogP contribution in [0, 0.1) is 0 Å². The van der Waals surface area contributed by atoms with Gasteiger partial charge in [-0.3, -0.25) is 4.90 Å². The average Bonchev–Trinajstić information content (AvgIpc) is 2.13. The van der Waals surface area contributed by atoms with Gasteiger partial charge in [-0.2, -0.15) is 0 Å². The molecule has 0 unspecified atom stereocenters. The van der Waals surface area contributed by atoms with E-state index >= 15 is 0 Å². The fraction of sp³-hybridized carbons (Fsp3) is 1.00. The summed E-state index contributed by atoms with van der Waals surface area (Å²) >= 11 is 0. The van der Waals surface area contributed by atoms with Crippen LogP contribution >= 0.6 is 0 Å². The molecule has 0 amide bonds. The van der Waals surface area contributed by atoms with E-state index in [1.54, 1.807) is 0 Å². The van der Waals surface area contributed by atoms with Crippen molar-refractivity contribution in [3.05, 3.63) is 0 Å². The van der Waals surface area contributed by atoms with E-state index < -0.39 is 0 Å². The Morgan fingerprint density at radius 1 is 1.21 bits per heavy atom. The van der Waals surface area contributed by atoms with Crippen molar-refractivity contribution in [2.75, 3.05) is 67.5 Å². The molecule has 0 saturated heterocycles. The molecule has 0 aliphatic rings. The third-order valence-corrected chi connectivity index (χ3v) is 2.54. The topological polar surface area (TPSA) is 35.5 Å². The van der Waals surface area contributed by atoms with E-state index in [4.69, 9.17) is 5.11 Å². The molecule has 0 aliphatic heterocycles. The highest BCUT2D eigenvalue weighted by Gasteiger charge is 2.14. The SMILES string of the molecule is CNCC[N+](C)(C)CCN(C)CCO. The number of aliphatic hydroxyl groups excluding tert-OH is 1. The maximum atomic E-state index is 8.75. The van der Waals surface area contributed by atoms with E-state index in [9.17, 15) is 0 Å². The highest BCUT2D eigenvalue weighted by atomic mass is 16.3.